The standard InChI is InChI=1S/C34H38N2P2/c1-27(37(29-15-7-3-8-16-29)30-17-9-4-10-18-30)33-34(36-25-23-35(33)24-26-36)28(2)38(31-19-11-5-12-20-31)32-21-13-6-14-22-32/h3-22,27-28,33-34H,23-26H2,1-2H3. The Bertz CT molecular complexity index is 1100. The van der Waals surface area contributed by atoms with E-state index < -0.39 is 15.8 Å². The Hall–Kier alpha value is -2.34. The zero-order valence-corrected chi connectivity index (χ0v) is 24.3. The average Bonchev–Trinajstić information content (AvgIpc) is 2.99. The third-order valence-electron chi connectivity index (χ3n) is 8.48. The molecule has 194 valence electrons. The van der Waals surface area contributed by atoms with Crippen molar-refractivity contribution in [3.8, 4) is 0 Å². The Morgan fingerprint density at radius 2 is 0.684 bits per heavy atom. The minimum absolute atomic E-state index is 0.487. The summed E-state index contributed by atoms with van der Waals surface area (Å²) in [6.45, 7) is 9.90. The minimum atomic E-state index is -0.487. The fourth-order valence-electron chi connectivity index (χ4n) is 6.85. The van der Waals surface area contributed by atoms with Crippen LogP contribution in [0.15, 0.2) is 121 Å². The average molecular weight is 537 g/mol. The topological polar surface area (TPSA) is 6.48 Å². The molecule has 0 N–H and O–H groups in total. The van der Waals surface area contributed by atoms with E-state index in [1.165, 1.54) is 47.4 Å². The van der Waals surface area contributed by atoms with Gasteiger partial charge in [-0.2, -0.15) is 0 Å². The van der Waals surface area contributed by atoms with Gasteiger partial charge in [-0.1, -0.05) is 135 Å². The van der Waals surface area contributed by atoms with Gasteiger partial charge in [0.25, 0.3) is 0 Å². The number of hydrogen-bond donors (Lipinski definition) is 0. The molecule has 4 unspecified atom stereocenters. The van der Waals surface area contributed by atoms with Crippen LogP contribution in [0, 0.1) is 0 Å². The molecule has 3 aliphatic rings. The smallest absolute Gasteiger partial charge is 0.0329 e. The molecule has 3 fully saturated rings. The van der Waals surface area contributed by atoms with Crippen molar-refractivity contribution in [2.45, 2.75) is 37.2 Å². The summed E-state index contributed by atoms with van der Waals surface area (Å²) in [5.41, 5.74) is 1.10. The Labute approximate surface area is 231 Å². The molecule has 4 heteroatoms. The quantitative estimate of drug-likeness (QED) is 0.279. The van der Waals surface area contributed by atoms with Gasteiger partial charge in [-0.15, -0.1) is 0 Å². The van der Waals surface area contributed by atoms with E-state index in [9.17, 15) is 0 Å². The first-order chi connectivity index (χ1) is 18.7. The highest BCUT2D eigenvalue weighted by Gasteiger charge is 2.49. The molecule has 3 heterocycles. The van der Waals surface area contributed by atoms with Crippen molar-refractivity contribution < 1.29 is 0 Å². The van der Waals surface area contributed by atoms with Gasteiger partial charge in [0.05, 0.1) is 0 Å². The van der Waals surface area contributed by atoms with Crippen molar-refractivity contribution >= 4 is 37.1 Å². The Morgan fingerprint density at radius 3 is 0.921 bits per heavy atom. The highest BCUT2D eigenvalue weighted by atomic mass is 31.1. The van der Waals surface area contributed by atoms with Crippen LogP contribution >= 0.6 is 15.8 Å². The van der Waals surface area contributed by atoms with Gasteiger partial charge in [0.15, 0.2) is 0 Å². The summed E-state index contributed by atoms with van der Waals surface area (Å²) in [4.78, 5) is 5.72. The van der Waals surface area contributed by atoms with Gasteiger partial charge in [0, 0.05) is 49.6 Å². The minimum Gasteiger partial charge on any atom is -0.296 e. The van der Waals surface area contributed by atoms with Crippen molar-refractivity contribution in [2.24, 2.45) is 0 Å². The van der Waals surface area contributed by atoms with Crippen molar-refractivity contribution in [3.05, 3.63) is 121 Å². The Balaban J connectivity index is 1.42. The number of benzene rings is 4. The molecule has 4 aromatic rings. The van der Waals surface area contributed by atoms with Crippen molar-refractivity contribution in [1.82, 2.24) is 9.80 Å². The maximum Gasteiger partial charge on any atom is 0.0329 e. The maximum absolute atomic E-state index is 2.86. The SMILES string of the molecule is CC(C1C(C(C)P(c2ccccc2)c2ccccc2)N2CCN1CC2)P(c1ccccc1)c1ccccc1. The molecule has 4 atom stereocenters. The van der Waals surface area contributed by atoms with Gasteiger partial charge in [-0.25, -0.2) is 0 Å². The molecular formula is C34H38N2P2. The van der Waals surface area contributed by atoms with Crippen LogP contribution in [0.1, 0.15) is 13.8 Å². The molecule has 0 spiro atoms. The molecule has 2 nitrogen and oxygen atoms in total. The van der Waals surface area contributed by atoms with Crippen LogP contribution in [0.25, 0.3) is 0 Å². The molecule has 3 saturated heterocycles. The first kappa shape index (κ1) is 25.9. The summed E-state index contributed by atoms with van der Waals surface area (Å²) < 4.78 is 0. The van der Waals surface area contributed by atoms with Gasteiger partial charge in [0.2, 0.25) is 0 Å². The van der Waals surface area contributed by atoms with E-state index in [0.29, 0.717) is 23.4 Å². The van der Waals surface area contributed by atoms with Crippen LogP contribution in [0.2, 0.25) is 0 Å². The van der Waals surface area contributed by atoms with Crippen molar-refractivity contribution in [3.63, 3.8) is 0 Å². The lowest BCUT2D eigenvalue weighted by Gasteiger charge is -2.58. The zero-order chi connectivity index (χ0) is 25.9. The van der Waals surface area contributed by atoms with Gasteiger partial charge in [-0.3, -0.25) is 9.80 Å². The predicted octanol–water partition coefficient (Wildman–Crippen LogP) is 5.40. The van der Waals surface area contributed by atoms with E-state index in [-0.39, 0.29) is 0 Å². The summed E-state index contributed by atoms with van der Waals surface area (Å²) >= 11 is 0. The largest absolute Gasteiger partial charge is 0.296 e. The summed E-state index contributed by atoms with van der Waals surface area (Å²) in [6, 6.07) is 46.4. The van der Waals surface area contributed by atoms with E-state index in [4.69, 9.17) is 0 Å². The second-order valence-electron chi connectivity index (χ2n) is 10.6. The normalized spacial score (nSPS) is 24.4. The van der Waals surface area contributed by atoms with Crippen molar-refractivity contribution in [1.29, 1.82) is 0 Å². The van der Waals surface area contributed by atoms with Crippen LogP contribution in [-0.2, 0) is 0 Å². The summed E-state index contributed by atoms with van der Waals surface area (Å²) in [5.74, 6) is 0. The van der Waals surface area contributed by atoms with Gasteiger partial charge >= 0.3 is 0 Å². The molecule has 0 radical (unpaired) electrons. The second-order valence-corrected chi connectivity index (χ2v) is 15.8. The maximum atomic E-state index is 2.86. The second kappa shape index (κ2) is 11.8. The third-order valence-corrected chi connectivity index (χ3v) is 14.1. The lowest BCUT2D eigenvalue weighted by Crippen LogP contribution is -2.71. The fraction of sp³-hybridized carbons (Fsp3) is 0.294. The summed E-state index contributed by atoms with van der Waals surface area (Å²) in [7, 11) is -0.974. The molecular weight excluding hydrogens is 498 g/mol. The van der Waals surface area contributed by atoms with E-state index in [2.05, 4.69) is 145 Å². The highest BCUT2D eigenvalue weighted by Crippen LogP contribution is 2.50. The molecule has 38 heavy (non-hydrogen) atoms. The first-order valence-electron chi connectivity index (χ1n) is 14.0. The zero-order valence-electron chi connectivity index (χ0n) is 22.5. The molecule has 0 aromatic heterocycles. The first-order valence-corrected chi connectivity index (χ1v) is 16.8. The van der Waals surface area contributed by atoms with Gasteiger partial charge in [0.1, 0.15) is 0 Å². The van der Waals surface area contributed by atoms with Crippen LogP contribution in [0.3, 0.4) is 0 Å². The van der Waals surface area contributed by atoms with Gasteiger partial charge in [-0.05, 0) is 37.1 Å². The number of rotatable bonds is 8. The lowest BCUT2D eigenvalue weighted by atomic mass is 9.92. The predicted molar refractivity (Wildman–Crippen MR) is 168 cm³/mol. The van der Waals surface area contributed by atoms with Crippen LogP contribution in [-0.4, -0.2) is 59.4 Å². The van der Waals surface area contributed by atoms with E-state index in [1.807, 2.05) is 0 Å². The fourth-order valence-corrected chi connectivity index (χ4v) is 12.6. The molecule has 4 aromatic carbocycles. The molecule has 0 amide bonds. The molecule has 0 saturated carbocycles. The highest BCUT2D eigenvalue weighted by molar-refractivity contribution is 7.74. The van der Waals surface area contributed by atoms with E-state index in [0.717, 1.165) is 0 Å². The third kappa shape index (κ3) is 5.13. The number of hydrogen-bond acceptors (Lipinski definition) is 2. The van der Waals surface area contributed by atoms with Crippen molar-refractivity contribution in [2.75, 3.05) is 26.2 Å². The van der Waals surface area contributed by atoms with Crippen LogP contribution < -0.4 is 21.2 Å². The van der Waals surface area contributed by atoms with E-state index >= 15 is 0 Å². The van der Waals surface area contributed by atoms with Crippen LogP contribution in [0.4, 0.5) is 0 Å². The van der Waals surface area contributed by atoms with Crippen LogP contribution in [0.5, 0.6) is 0 Å². The molecule has 2 bridgehead atoms. The summed E-state index contributed by atoms with van der Waals surface area (Å²) in [5, 5.41) is 5.99. The number of nitrogens with zero attached hydrogens (tertiary/aromatic N) is 2. The Morgan fingerprint density at radius 1 is 0.447 bits per heavy atom. The molecule has 0 aliphatic carbocycles. The summed E-state index contributed by atoms with van der Waals surface area (Å²) in [6.07, 6.45) is 0. The number of piperazine rings is 3. The molecule has 3 aliphatic heterocycles. The van der Waals surface area contributed by atoms with Gasteiger partial charge < -0.3 is 0 Å². The lowest BCUT2D eigenvalue weighted by molar-refractivity contribution is -0.0358. The monoisotopic (exact) mass is 536 g/mol. The number of fused-ring (bicyclic) bond motifs is 3. The molecule has 7 rings (SSSR count). The Kier molecular flexibility index (Phi) is 8.05. The van der Waals surface area contributed by atoms with E-state index in [1.54, 1.807) is 0 Å².